The third-order valence-electron chi connectivity index (χ3n) is 2.52. The van der Waals surface area contributed by atoms with Gasteiger partial charge in [-0.3, -0.25) is 15.1 Å². The Morgan fingerprint density at radius 1 is 1.33 bits per heavy atom. The molecule has 18 heavy (non-hydrogen) atoms. The minimum atomic E-state index is -0.539. The van der Waals surface area contributed by atoms with Crippen LogP contribution in [0.5, 0.6) is 0 Å². The van der Waals surface area contributed by atoms with Crippen LogP contribution in [0.3, 0.4) is 0 Å². The molecule has 1 aliphatic rings. The van der Waals surface area contributed by atoms with E-state index in [0.717, 1.165) is 6.42 Å². The number of carbonyl (C=O) groups excluding carboxylic acids is 2. The van der Waals surface area contributed by atoms with Crippen molar-refractivity contribution in [1.82, 2.24) is 15.3 Å². The maximum atomic E-state index is 12.0. The number of amides is 2. The fourth-order valence-electron chi connectivity index (χ4n) is 1.87. The Labute approximate surface area is 108 Å². The van der Waals surface area contributed by atoms with Crippen LogP contribution < -0.4 is 5.43 Å². The first-order valence-electron chi connectivity index (χ1n) is 6.18. The number of likely N-dealkylation sites (tertiary alicyclic amines) is 1. The van der Waals surface area contributed by atoms with E-state index in [9.17, 15) is 9.59 Å². The van der Waals surface area contributed by atoms with Crippen LogP contribution in [0, 0.1) is 0 Å². The Morgan fingerprint density at radius 3 is 2.44 bits per heavy atom. The highest BCUT2D eigenvalue weighted by Gasteiger charge is 2.36. The Bertz CT molecular complexity index is 323. The summed E-state index contributed by atoms with van der Waals surface area (Å²) in [6.45, 7) is 6.02. The van der Waals surface area contributed by atoms with Gasteiger partial charge in [-0.15, -0.1) is 0 Å². The molecule has 0 saturated carbocycles. The SMILES string of the molecule is CN(C)NC(=O)C1CCCN1C(=O)OC(C)(C)C. The summed E-state index contributed by atoms with van der Waals surface area (Å²) in [5, 5.41) is 1.58. The predicted octanol–water partition coefficient (Wildman–Crippen LogP) is 0.979. The van der Waals surface area contributed by atoms with E-state index in [1.54, 1.807) is 19.1 Å². The van der Waals surface area contributed by atoms with Crippen LogP contribution in [0.1, 0.15) is 33.6 Å². The van der Waals surface area contributed by atoms with Crippen LogP contribution in [0.25, 0.3) is 0 Å². The normalized spacial score (nSPS) is 20.1. The number of nitrogens with one attached hydrogen (secondary N) is 1. The lowest BCUT2D eigenvalue weighted by Crippen LogP contribution is -2.50. The van der Waals surface area contributed by atoms with E-state index in [2.05, 4.69) is 5.43 Å². The molecule has 104 valence electrons. The van der Waals surface area contributed by atoms with Gasteiger partial charge in [0.2, 0.25) is 0 Å². The van der Waals surface area contributed by atoms with Crippen LogP contribution in [0.4, 0.5) is 4.79 Å². The molecule has 6 nitrogen and oxygen atoms in total. The van der Waals surface area contributed by atoms with E-state index in [-0.39, 0.29) is 5.91 Å². The van der Waals surface area contributed by atoms with Gasteiger partial charge < -0.3 is 4.74 Å². The van der Waals surface area contributed by atoms with Crippen LogP contribution in [-0.4, -0.2) is 54.2 Å². The van der Waals surface area contributed by atoms with Gasteiger partial charge in [-0.2, -0.15) is 0 Å². The van der Waals surface area contributed by atoms with Crippen molar-refractivity contribution in [2.24, 2.45) is 0 Å². The molecule has 0 spiro atoms. The third kappa shape index (κ3) is 4.18. The van der Waals surface area contributed by atoms with Crippen molar-refractivity contribution in [3.8, 4) is 0 Å². The predicted molar refractivity (Wildman–Crippen MR) is 67.8 cm³/mol. The highest BCUT2D eigenvalue weighted by Crippen LogP contribution is 2.20. The van der Waals surface area contributed by atoms with Gasteiger partial charge in [-0.25, -0.2) is 9.80 Å². The summed E-state index contributed by atoms with van der Waals surface area (Å²) in [6, 6.07) is -0.428. The summed E-state index contributed by atoms with van der Waals surface area (Å²) in [7, 11) is 3.48. The Hall–Kier alpha value is -1.30. The summed E-state index contributed by atoms with van der Waals surface area (Å²) in [6.07, 6.45) is 1.09. The highest BCUT2D eigenvalue weighted by atomic mass is 16.6. The molecule has 2 amide bonds. The molecule has 1 saturated heterocycles. The number of hydrazine groups is 1. The van der Waals surface area contributed by atoms with E-state index in [0.29, 0.717) is 13.0 Å². The van der Waals surface area contributed by atoms with Crippen LogP contribution in [-0.2, 0) is 9.53 Å². The fourth-order valence-corrected chi connectivity index (χ4v) is 1.87. The zero-order chi connectivity index (χ0) is 13.9. The Balaban J connectivity index is 2.64. The minimum absolute atomic E-state index is 0.164. The van der Waals surface area contributed by atoms with Gasteiger partial charge in [-0.1, -0.05) is 0 Å². The zero-order valence-corrected chi connectivity index (χ0v) is 11.8. The van der Waals surface area contributed by atoms with Gasteiger partial charge in [0, 0.05) is 20.6 Å². The van der Waals surface area contributed by atoms with E-state index in [4.69, 9.17) is 4.74 Å². The molecule has 0 radical (unpaired) electrons. The lowest BCUT2D eigenvalue weighted by Gasteiger charge is -2.28. The number of hydrogen-bond acceptors (Lipinski definition) is 4. The van der Waals surface area contributed by atoms with Crippen molar-refractivity contribution in [2.45, 2.75) is 45.3 Å². The molecule has 1 fully saturated rings. The molecule has 0 aromatic carbocycles. The van der Waals surface area contributed by atoms with Gasteiger partial charge in [0.15, 0.2) is 0 Å². The molecule has 1 unspecified atom stereocenters. The summed E-state index contributed by atoms with van der Waals surface area (Å²) >= 11 is 0. The zero-order valence-electron chi connectivity index (χ0n) is 11.8. The van der Waals surface area contributed by atoms with Crippen LogP contribution in [0.2, 0.25) is 0 Å². The molecule has 0 aliphatic carbocycles. The molecule has 1 rings (SSSR count). The number of ether oxygens (including phenoxy) is 1. The van der Waals surface area contributed by atoms with E-state index in [1.165, 1.54) is 4.90 Å². The number of carbonyl (C=O) groups is 2. The molecule has 1 N–H and O–H groups in total. The Morgan fingerprint density at radius 2 is 1.94 bits per heavy atom. The molecular formula is C12H23N3O3. The number of hydrogen-bond donors (Lipinski definition) is 1. The maximum absolute atomic E-state index is 12.0. The molecule has 1 heterocycles. The first kappa shape index (κ1) is 14.8. The molecule has 1 atom stereocenters. The lowest BCUT2D eigenvalue weighted by atomic mass is 10.2. The summed E-state index contributed by atoms with van der Waals surface area (Å²) in [4.78, 5) is 25.4. The van der Waals surface area contributed by atoms with Gasteiger partial charge in [0.25, 0.3) is 5.91 Å². The third-order valence-corrected chi connectivity index (χ3v) is 2.52. The lowest BCUT2D eigenvalue weighted by molar-refractivity contribution is -0.129. The Kier molecular flexibility index (Phi) is 4.56. The monoisotopic (exact) mass is 257 g/mol. The first-order valence-corrected chi connectivity index (χ1v) is 6.18. The van der Waals surface area contributed by atoms with Crippen LogP contribution >= 0.6 is 0 Å². The summed E-state index contributed by atoms with van der Waals surface area (Å²) in [5.74, 6) is -0.164. The second-order valence-electron chi connectivity index (χ2n) is 5.70. The topological polar surface area (TPSA) is 61.9 Å². The van der Waals surface area contributed by atoms with Crippen molar-refractivity contribution >= 4 is 12.0 Å². The molecular weight excluding hydrogens is 234 g/mol. The van der Waals surface area contributed by atoms with Crippen molar-refractivity contribution in [2.75, 3.05) is 20.6 Å². The van der Waals surface area contributed by atoms with Gasteiger partial charge in [-0.05, 0) is 33.6 Å². The van der Waals surface area contributed by atoms with Crippen LogP contribution in [0.15, 0.2) is 0 Å². The largest absolute Gasteiger partial charge is 0.444 e. The van der Waals surface area contributed by atoms with Gasteiger partial charge >= 0.3 is 6.09 Å². The average molecular weight is 257 g/mol. The number of nitrogens with zero attached hydrogens (tertiary/aromatic N) is 2. The molecule has 0 aromatic rings. The quantitative estimate of drug-likeness (QED) is 0.749. The van der Waals surface area contributed by atoms with E-state index in [1.807, 2.05) is 20.8 Å². The van der Waals surface area contributed by atoms with Crippen molar-refractivity contribution < 1.29 is 14.3 Å². The van der Waals surface area contributed by atoms with E-state index >= 15 is 0 Å². The number of rotatable bonds is 2. The molecule has 0 bridgehead atoms. The second kappa shape index (κ2) is 5.56. The standard InChI is InChI=1S/C12H23N3O3/c1-12(2,3)18-11(17)15-8-6-7-9(15)10(16)13-14(4)5/h9H,6-8H2,1-5H3,(H,13,16). The summed E-state index contributed by atoms with van der Waals surface area (Å²) < 4.78 is 5.30. The molecule has 6 heteroatoms. The highest BCUT2D eigenvalue weighted by molar-refractivity contribution is 5.85. The first-order chi connectivity index (χ1) is 8.20. The van der Waals surface area contributed by atoms with Gasteiger partial charge in [0.1, 0.15) is 11.6 Å². The van der Waals surface area contributed by atoms with Crippen molar-refractivity contribution in [3.63, 3.8) is 0 Å². The maximum Gasteiger partial charge on any atom is 0.410 e. The smallest absolute Gasteiger partial charge is 0.410 e. The molecule has 0 aromatic heterocycles. The minimum Gasteiger partial charge on any atom is -0.444 e. The molecule has 1 aliphatic heterocycles. The second-order valence-corrected chi connectivity index (χ2v) is 5.70. The fraction of sp³-hybridized carbons (Fsp3) is 0.833. The summed E-state index contributed by atoms with van der Waals surface area (Å²) in [5.41, 5.74) is 2.14. The van der Waals surface area contributed by atoms with Crippen molar-refractivity contribution in [1.29, 1.82) is 0 Å². The van der Waals surface area contributed by atoms with E-state index < -0.39 is 17.7 Å². The van der Waals surface area contributed by atoms with Crippen molar-refractivity contribution in [3.05, 3.63) is 0 Å². The average Bonchev–Trinajstić information content (AvgIpc) is 2.61. The van der Waals surface area contributed by atoms with Gasteiger partial charge in [0.05, 0.1) is 0 Å².